The third-order valence-electron chi connectivity index (χ3n) is 2.78. The van der Waals surface area contributed by atoms with Crippen LogP contribution in [-0.2, 0) is 0 Å². The van der Waals surface area contributed by atoms with E-state index in [0.29, 0.717) is 24.6 Å². The van der Waals surface area contributed by atoms with E-state index in [4.69, 9.17) is 5.73 Å². The SMILES string of the molecule is Cc1cnnc(N(CCCN)c2ccccc2F)c1. The molecular weight excluding hydrogens is 243 g/mol. The van der Waals surface area contributed by atoms with E-state index in [1.165, 1.54) is 6.07 Å². The summed E-state index contributed by atoms with van der Waals surface area (Å²) in [5, 5.41) is 8.00. The summed E-state index contributed by atoms with van der Waals surface area (Å²) in [4.78, 5) is 1.81. The molecule has 19 heavy (non-hydrogen) atoms. The fourth-order valence-electron chi connectivity index (χ4n) is 1.86. The summed E-state index contributed by atoms with van der Waals surface area (Å²) >= 11 is 0. The number of rotatable bonds is 5. The van der Waals surface area contributed by atoms with Crippen molar-refractivity contribution in [2.75, 3.05) is 18.0 Å². The molecule has 0 saturated heterocycles. The molecule has 0 unspecified atom stereocenters. The smallest absolute Gasteiger partial charge is 0.156 e. The molecule has 1 heterocycles. The van der Waals surface area contributed by atoms with Gasteiger partial charge >= 0.3 is 0 Å². The van der Waals surface area contributed by atoms with Gasteiger partial charge in [0.2, 0.25) is 0 Å². The summed E-state index contributed by atoms with van der Waals surface area (Å²) in [6.07, 6.45) is 2.43. The molecule has 0 atom stereocenters. The molecule has 0 fully saturated rings. The van der Waals surface area contributed by atoms with E-state index < -0.39 is 0 Å². The second-order valence-corrected chi connectivity index (χ2v) is 4.34. The van der Waals surface area contributed by atoms with Crippen LogP contribution in [0.15, 0.2) is 36.5 Å². The van der Waals surface area contributed by atoms with Gasteiger partial charge in [0, 0.05) is 6.54 Å². The van der Waals surface area contributed by atoms with Crippen LogP contribution in [0.5, 0.6) is 0 Å². The van der Waals surface area contributed by atoms with Gasteiger partial charge in [0.15, 0.2) is 5.82 Å². The van der Waals surface area contributed by atoms with Crippen LogP contribution in [0.1, 0.15) is 12.0 Å². The van der Waals surface area contributed by atoms with E-state index in [0.717, 1.165) is 12.0 Å². The van der Waals surface area contributed by atoms with Crippen molar-refractivity contribution in [3.05, 3.63) is 47.9 Å². The molecule has 0 spiro atoms. The van der Waals surface area contributed by atoms with Crippen molar-refractivity contribution in [2.24, 2.45) is 5.73 Å². The molecule has 1 aromatic carbocycles. The average molecular weight is 260 g/mol. The van der Waals surface area contributed by atoms with Crippen LogP contribution < -0.4 is 10.6 Å². The number of nitrogens with two attached hydrogens (primary N) is 1. The lowest BCUT2D eigenvalue weighted by Gasteiger charge is -2.23. The van der Waals surface area contributed by atoms with Crippen LogP contribution in [0.2, 0.25) is 0 Å². The Balaban J connectivity index is 2.38. The van der Waals surface area contributed by atoms with E-state index in [2.05, 4.69) is 10.2 Å². The minimum atomic E-state index is -0.275. The minimum absolute atomic E-state index is 0.275. The summed E-state index contributed by atoms with van der Waals surface area (Å²) in [6, 6.07) is 8.53. The zero-order valence-corrected chi connectivity index (χ0v) is 10.9. The molecule has 2 aromatic rings. The summed E-state index contributed by atoms with van der Waals surface area (Å²) in [6.45, 7) is 3.08. The number of aromatic nitrogens is 2. The standard InChI is InChI=1S/C14H17FN4/c1-11-9-14(18-17-10-11)19(8-4-7-16)13-6-3-2-5-12(13)15/h2-3,5-6,9-10H,4,7-8,16H2,1H3. The second kappa shape index (κ2) is 6.24. The van der Waals surface area contributed by atoms with Crippen LogP contribution in [0.3, 0.4) is 0 Å². The van der Waals surface area contributed by atoms with Crippen molar-refractivity contribution in [3.63, 3.8) is 0 Å². The molecule has 1 aromatic heterocycles. The Morgan fingerprint density at radius 2 is 2.11 bits per heavy atom. The van der Waals surface area contributed by atoms with Crippen molar-refractivity contribution < 1.29 is 4.39 Å². The van der Waals surface area contributed by atoms with Gasteiger partial charge < -0.3 is 10.6 Å². The number of benzene rings is 1. The maximum Gasteiger partial charge on any atom is 0.156 e. The number of halogens is 1. The Morgan fingerprint density at radius 3 is 2.79 bits per heavy atom. The predicted molar refractivity (Wildman–Crippen MR) is 73.8 cm³/mol. The molecule has 0 aliphatic carbocycles. The molecule has 5 heteroatoms. The number of hydrogen-bond donors (Lipinski definition) is 1. The highest BCUT2D eigenvalue weighted by molar-refractivity contribution is 5.60. The molecule has 0 radical (unpaired) electrons. The Hall–Kier alpha value is -2.01. The first-order chi connectivity index (χ1) is 9.22. The zero-order chi connectivity index (χ0) is 13.7. The van der Waals surface area contributed by atoms with E-state index in [9.17, 15) is 4.39 Å². The number of para-hydroxylation sites is 1. The number of nitrogens with zero attached hydrogens (tertiary/aromatic N) is 3. The fraction of sp³-hybridized carbons (Fsp3) is 0.286. The summed E-state index contributed by atoms with van der Waals surface area (Å²) in [5.41, 5.74) is 7.03. The summed E-state index contributed by atoms with van der Waals surface area (Å²) in [7, 11) is 0. The lowest BCUT2D eigenvalue weighted by molar-refractivity contribution is 0.622. The van der Waals surface area contributed by atoms with E-state index >= 15 is 0 Å². The number of aryl methyl sites for hydroxylation is 1. The van der Waals surface area contributed by atoms with Crippen molar-refractivity contribution in [1.82, 2.24) is 10.2 Å². The van der Waals surface area contributed by atoms with Gasteiger partial charge in [-0.3, -0.25) is 0 Å². The molecule has 0 aliphatic heterocycles. The first kappa shape index (κ1) is 13.4. The third kappa shape index (κ3) is 3.26. The largest absolute Gasteiger partial charge is 0.330 e. The monoisotopic (exact) mass is 260 g/mol. The maximum absolute atomic E-state index is 13.9. The first-order valence-electron chi connectivity index (χ1n) is 6.24. The van der Waals surface area contributed by atoms with Crippen molar-refractivity contribution in [2.45, 2.75) is 13.3 Å². The molecule has 4 nitrogen and oxygen atoms in total. The quantitative estimate of drug-likeness (QED) is 0.897. The lowest BCUT2D eigenvalue weighted by Crippen LogP contribution is -2.23. The normalized spacial score (nSPS) is 10.5. The molecule has 100 valence electrons. The van der Waals surface area contributed by atoms with Gasteiger partial charge in [-0.25, -0.2) is 4.39 Å². The topological polar surface area (TPSA) is 55.0 Å². The Labute approximate surface area is 112 Å². The van der Waals surface area contributed by atoms with Crippen LogP contribution >= 0.6 is 0 Å². The van der Waals surface area contributed by atoms with Crippen LogP contribution in [0, 0.1) is 12.7 Å². The molecular formula is C14H17FN4. The van der Waals surface area contributed by atoms with Crippen molar-refractivity contribution in [1.29, 1.82) is 0 Å². The molecule has 2 rings (SSSR count). The second-order valence-electron chi connectivity index (χ2n) is 4.34. The Kier molecular flexibility index (Phi) is 4.41. The van der Waals surface area contributed by atoms with Gasteiger partial charge in [-0.15, -0.1) is 5.10 Å². The first-order valence-corrected chi connectivity index (χ1v) is 6.24. The minimum Gasteiger partial charge on any atom is -0.330 e. The van der Waals surface area contributed by atoms with Gasteiger partial charge in [0.05, 0.1) is 11.9 Å². The van der Waals surface area contributed by atoms with Gasteiger partial charge in [-0.05, 0) is 43.7 Å². The van der Waals surface area contributed by atoms with E-state index in [-0.39, 0.29) is 5.82 Å². The third-order valence-corrected chi connectivity index (χ3v) is 2.78. The van der Waals surface area contributed by atoms with Crippen molar-refractivity contribution >= 4 is 11.5 Å². The Morgan fingerprint density at radius 1 is 1.32 bits per heavy atom. The molecule has 0 saturated carbocycles. The number of anilines is 2. The van der Waals surface area contributed by atoms with Crippen molar-refractivity contribution in [3.8, 4) is 0 Å². The van der Waals surface area contributed by atoms with Gasteiger partial charge in [0.25, 0.3) is 0 Å². The van der Waals surface area contributed by atoms with Crippen LogP contribution in [-0.4, -0.2) is 23.3 Å². The predicted octanol–water partition coefficient (Wildman–Crippen LogP) is 2.41. The molecule has 0 amide bonds. The highest BCUT2D eigenvalue weighted by Gasteiger charge is 2.14. The van der Waals surface area contributed by atoms with E-state index in [1.54, 1.807) is 24.4 Å². The highest BCUT2D eigenvalue weighted by atomic mass is 19.1. The molecule has 0 bridgehead atoms. The van der Waals surface area contributed by atoms with Gasteiger partial charge in [-0.1, -0.05) is 12.1 Å². The summed E-state index contributed by atoms with van der Waals surface area (Å²) in [5.74, 6) is 0.362. The van der Waals surface area contributed by atoms with Gasteiger partial charge in [-0.2, -0.15) is 5.10 Å². The summed E-state index contributed by atoms with van der Waals surface area (Å²) < 4.78 is 13.9. The van der Waals surface area contributed by atoms with Crippen LogP contribution in [0.25, 0.3) is 0 Å². The fourth-order valence-corrected chi connectivity index (χ4v) is 1.86. The average Bonchev–Trinajstić information content (AvgIpc) is 2.41. The zero-order valence-electron chi connectivity index (χ0n) is 10.9. The van der Waals surface area contributed by atoms with E-state index in [1.807, 2.05) is 17.9 Å². The van der Waals surface area contributed by atoms with Crippen LogP contribution in [0.4, 0.5) is 15.9 Å². The number of hydrogen-bond acceptors (Lipinski definition) is 4. The molecule has 0 aliphatic rings. The van der Waals surface area contributed by atoms with Gasteiger partial charge in [0.1, 0.15) is 5.82 Å². The lowest BCUT2D eigenvalue weighted by atomic mass is 10.2. The Bertz CT molecular complexity index is 544. The maximum atomic E-state index is 13.9. The highest BCUT2D eigenvalue weighted by Crippen LogP contribution is 2.26. The molecule has 2 N–H and O–H groups in total.